The zero-order valence-corrected chi connectivity index (χ0v) is 22.2. The van der Waals surface area contributed by atoms with Gasteiger partial charge in [0, 0.05) is 34.7 Å². The van der Waals surface area contributed by atoms with E-state index in [4.69, 9.17) is 16.3 Å². The van der Waals surface area contributed by atoms with Crippen LogP contribution in [0, 0.1) is 20.2 Å². The molecule has 0 amide bonds. The molecule has 0 radical (unpaired) electrons. The van der Waals surface area contributed by atoms with Crippen molar-refractivity contribution in [3.8, 4) is 5.75 Å². The first-order valence-electron chi connectivity index (χ1n) is 11.3. The van der Waals surface area contributed by atoms with E-state index in [1.165, 1.54) is 41.2 Å². The number of ether oxygens (including phenoxy) is 1. The maximum absolute atomic E-state index is 13.2. The van der Waals surface area contributed by atoms with Crippen LogP contribution in [0.5, 0.6) is 5.75 Å². The number of aromatic nitrogens is 2. The average molecular weight is 601 g/mol. The second kappa shape index (κ2) is 11.5. The highest BCUT2D eigenvalue weighted by Gasteiger charge is 2.21. The number of nitro groups is 2. The van der Waals surface area contributed by atoms with E-state index in [2.05, 4.69) is 26.0 Å². The molecule has 0 saturated heterocycles. The van der Waals surface area contributed by atoms with Gasteiger partial charge in [-0.3, -0.25) is 25.0 Å². The fourth-order valence-electron chi connectivity index (χ4n) is 3.69. The molecule has 1 heterocycles. The lowest BCUT2D eigenvalue weighted by Gasteiger charge is -2.10. The molecule has 0 fully saturated rings. The van der Waals surface area contributed by atoms with E-state index in [1.54, 1.807) is 24.3 Å². The quantitative estimate of drug-likeness (QED) is 0.129. The van der Waals surface area contributed by atoms with Gasteiger partial charge in [0.15, 0.2) is 0 Å². The Balaban J connectivity index is 1.69. The van der Waals surface area contributed by atoms with Crippen LogP contribution >= 0.6 is 27.5 Å². The molecule has 0 unspecified atom stereocenters. The third-order valence-electron chi connectivity index (χ3n) is 5.42. The van der Waals surface area contributed by atoms with Gasteiger partial charge in [-0.15, -0.1) is 0 Å². The molecule has 3 aromatic carbocycles. The summed E-state index contributed by atoms with van der Waals surface area (Å²) in [6.07, 6.45) is 2.50. The lowest BCUT2D eigenvalue weighted by molar-refractivity contribution is -0.385. The zero-order valence-electron chi connectivity index (χ0n) is 19.8. The van der Waals surface area contributed by atoms with Crippen LogP contribution in [0.1, 0.15) is 30.3 Å². The first kappa shape index (κ1) is 26.9. The number of hydrogen-bond donors (Lipinski definition) is 0. The highest BCUT2D eigenvalue weighted by atomic mass is 79.9. The number of rotatable bonds is 9. The van der Waals surface area contributed by atoms with Crippen LogP contribution in [0.3, 0.4) is 0 Å². The Kier molecular flexibility index (Phi) is 8.13. The molecule has 11 nitrogen and oxygen atoms in total. The Morgan fingerprint density at radius 1 is 1.13 bits per heavy atom. The molecule has 194 valence electrons. The maximum atomic E-state index is 13.2. The molecule has 0 saturated carbocycles. The Morgan fingerprint density at radius 2 is 1.92 bits per heavy atom. The Bertz CT molecular complexity index is 1660. The highest BCUT2D eigenvalue weighted by Crippen LogP contribution is 2.36. The maximum Gasteiger partial charge on any atom is 0.313 e. The summed E-state index contributed by atoms with van der Waals surface area (Å²) in [6, 6.07) is 13.5. The smallest absolute Gasteiger partial charge is 0.313 e. The highest BCUT2D eigenvalue weighted by molar-refractivity contribution is 9.10. The molecule has 0 spiro atoms. The van der Waals surface area contributed by atoms with Crippen molar-refractivity contribution in [3.63, 3.8) is 0 Å². The number of fused-ring (bicyclic) bond motifs is 1. The summed E-state index contributed by atoms with van der Waals surface area (Å²) in [6.45, 7) is 1.77. The molecule has 0 aliphatic carbocycles. The standard InChI is InChI=1S/C25H19BrClN5O6/c1-2-4-23-29-21-8-7-17(26)12-19(21)25(33)30(23)28-13-16-10-20(27)24(22(11-16)32(36)37)38-14-15-5-3-6-18(9-15)31(34)35/h3,5-13H,2,4,14H2,1H3. The Labute approximate surface area is 228 Å². The van der Waals surface area contributed by atoms with Crippen molar-refractivity contribution in [1.82, 2.24) is 9.66 Å². The van der Waals surface area contributed by atoms with Crippen LogP contribution in [-0.2, 0) is 13.0 Å². The van der Waals surface area contributed by atoms with E-state index in [9.17, 15) is 25.0 Å². The molecule has 4 aromatic rings. The van der Waals surface area contributed by atoms with Crippen molar-refractivity contribution < 1.29 is 14.6 Å². The molecule has 0 aliphatic rings. The van der Waals surface area contributed by atoms with Crippen LogP contribution in [-0.4, -0.2) is 25.7 Å². The van der Waals surface area contributed by atoms with Crippen LogP contribution in [0.15, 0.2) is 69.0 Å². The first-order valence-corrected chi connectivity index (χ1v) is 12.4. The van der Waals surface area contributed by atoms with Crippen molar-refractivity contribution in [1.29, 1.82) is 0 Å². The van der Waals surface area contributed by atoms with Gasteiger partial charge in [-0.05, 0) is 36.2 Å². The van der Waals surface area contributed by atoms with Gasteiger partial charge in [0.05, 0.1) is 32.0 Å². The SMILES string of the molecule is CCCc1nc2ccc(Br)cc2c(=O)n1N=Cc1cc(Cl)c(OCc2cccc([N+](=O)[O-])c2)c([N+](=O)[O-])c1. The van der Waals surface area contributed by atoms with Gasteiger partial charge in [-0.25, -0.2) is 4.98 Å². The van der Waals surface area contributed by atoms with Crippen LogP contribution in [0.4, 0.5) is 11.4 Å². The summed E-state index contributed by atoms with van der Waals surface area (Å²) >= 11 is 9.69. The van der Waals surface area contributed by atoms with Gasteiger partial charge in [0.2, 0.25) is 5.75 Å². The van der Waals surface area contributed by atoms with E-state index in [0.717, 1.165) is 6.42 Å². The third-order valence-corrected chi connectivity index (χ3v) is 6.19. The summed E-state index contributed by atoms with van der Waals surface area (Å²) in [5.41, 5.74) is 0.296. The largest absolute Gasteiger partial charge is 0.481 e. The number of halogens is 2. The Morgan fingerprint density at radius 3 is 2.63 bits per heavy atom. The van der Waals surface area contributed by atoms with Crippen molar-refractivity contribution in [2.45, 2.75) is 26.4 Å². The van der Waals surface area contributed by atoms with Gasteiger partial charge >= 0.3 is 5.69 Å². The van der Waals surface area contributed by atoms with Crippen molar-refractivity contribution >= 4 is 56.0 Å². The number of hydrogen-bond acceptors (Lipinski definition) is 8. The number of nitro benzene ring substituents is 2. The van der Waals surface area contributed by atoms with Gasteiger partial charge < -0.3 is 4.74 Å². The summed E-state index contributed by atoms with van der Waals surface area (Å²) in [5, 5.41) is 27.4. The average Bonchev–Trinajstić information content (AvgIpc) is 2.88. The number of benzene rings is 3. The second-order valence-corrected chi connectivity index (χ2v) is 9.45. The normalized spacial score (nSPS) is 11.2. The fourth-order valence-corrected chi connectivity index (χ4v) is 4.33. The van der Waals surface area contributed by atoms with E-state index in [1.807, 2.05) is 6.92 Å². The monoisotopic (exact) mass is 599 g/mol. The summed E-state index contributed by atoms with van der Waals surface area (Å²) in [7, 11) is 0. The number of nitrogens with zero attached hydrogens (tertiary/aromatic N) is 5. The topological polar surface area (TPSA) is 143 Å². The minimum atomic E-state index is -0.657. The summed E-state index contributed by atoms with van der Waals surface area (Å²) in [5.74, 6) is 0.252. The molecule has 0 N–H and O–H groups in total. The molecule has 0 aliphatic heterocycles. The first-order chi connectivity index (χ1) is 18.2. The molecule has 0 bridgehead atoms. The van der Waals surface area contributed by atoms with Crippen LogP contribution in [0.25, 0.3) is 10.9 Å². The second-order valence-electron chi connectivity index (χ2n) is 8.12. The van der Waals surface area contributed by atoms with E-state index in [-0.39, 0.29) is 34.2 Å². The molecule has 38 heavy (non-hydrogen) atoms. The van der Waals surface area contributed by atoms with Crippen molar-refractivity contribution in [2.24, 2.45) is 5.10 Å². The van der Waals surface area contributed by atoms with Crippen LogP contribution in [0.2, 0.25) is 5.02 Å². The zero-order chi connectivity index (χ0) is 27.4. The molecule has 13 heteroatoms. The molecule has 0 atom stereocenters. The van der Waals surface area contributed by atoms with Crippen LogP contribution < -0.4 is 10.3 Å². The fraction of sp³-hybridized carbons (Fsp3) is 0.160. The minimum Gasteiger partial charge on any atom is -0.481 e. The van der Waals surface area contributed by atoms with Gasteiger partial charge in [-0.2, -0.15) is 9.78 Å². The number of non-ortho nitro benzene ring substituents is 1. The van der Waals surface area contributed by atoms with Gasteiger partial charge in [0.25, 0.3) is 11.2 Å². The van der Waals surface area contributed by atoms with E-state index >= 15 is 0 Å². The van der Waals surface area contributed by atoms with E-state index in [0.29, 0.717) is 33.2 Å². The summed E-state index contributed by atoms with van der Waals surface area (Å²) < 4.78 is 7.47. The third kappa shape index (κ3) is 5.87. The van der Waals surface area contributed by atoms with E-state index < -0.39 is 15.5 Å². The van der Waals surface area contributed by atoms with Gasteiger partial charge in [0.1, 0.15) is 12.4 Å². The number of aryl methyl sites for hydroxylation is 1. The van der Waals surface area contributed by atoms with Gasteiger partial charge in [-0.1, -0.05) is 46.6 Å². The molecular formula is C25H19BrClN5O6. The van der Waals surface area contributed by atoms with Crippen molar-refractivity contribution in [3.05, 3.63) is 112 Å². The molecule has 4 rings (SSSR count). The Hall–Kier alpha value is -4.16. The predicted molar refractivity (Wildman–Crippen MR) is 146 cm³/mol. The minimum absolute atomic E-state index is 0.0622. The molecular weight excluding hydrogens is 582 g/mol. The predicted octanol–water partition coefficient (Wildman–Crippen LogP) is 6.04. The van der Waals surface area contributed by atoms with Crippen molar-refractivity contribution in [2.75, 3.05) is 0 Å². The lowest BCUT2D eigenvalue weighted by atomic mass is 10.2. The lowest BCUT2D eigenvalue weighted by Crippen LogP contribution is -2.22. The summed E-state index contributed by atoms with van der Waals surface area (Å²) in [4.78, 5) is 39.3. The molecule has 1 aromatic heterocycles.